The molecule has 1 aromatic carbocycles. The molecular formula is C14H19N3O2. The number of hydrogen-bond acceptors (Lipinski definition) is 4. The van der Waals surface area contributed by atoms with Gasteiger partial charge in [0.1, 0.15) is 5.75 Å². The van der Waals surface area contributed by atoms with E-state index in [2.05, 4.69) is 10.6 Å². The SMILES string of the molecule is COc1cc(C#N)ccc1NC(=O)CCNC(C)C. The predicted octanol–water partition coefficient (Wildman–Crippen LogP) is 1.89. The number of hydrogen-bond donors (Lipinski definition) is 2. The van der Waals surface area contributed by atoms with E-state index in [9.17, 15) is 4.79 Å². The quantitative estimate of drug-likeness (QED) is 0.820. The smallest absolute Gasteiger partial charge is 0.225 e. The number of ether oxygens (including phenoxy) is 1. The second-order valence-corrected chi connectivity index (χ2v) is 4.43. The Balaban J connectivity index is 2.61. The van der Waals surface area contributed by atoms with Gasteiger partial charge in [0, 0.05) is 25.1 Å². The summed E-state index contributed by atoms with van der Waals surface area (Å²) in [5.41, 5.74) is 1.08. The molecule has 0 aliphatic heterocycles. The fourth-order valence-corrected chi connectivity index (χ4v) is 1.55. The van der Waals surface area contributed by atoms with Crippen molar-refractivity contribution >= 4 is 11.6 Å². The number of anilines is 1. The van der Waals surface area contributed by atoms with Crippen molar-refractivity contribution in [3.8, 4) is 11.8 Å². The maximum Gasteiger partial charge on any atom is 0.225 e. The highest BCUT2D eigenvalue weighted by molar-refractivity contribution is 5.92. The molecule has 19 heavy (non-hydrogen) atoms. The highest BCUT2D eigenvalue weighted by Crippen LogP contribution is 2.25. The summed E-state index contributed by atoms with van der Waals surface area (Å²) < 4.78 is 5.15. The third-order valence-electron chi connectivity index (χ3n) is 2.51. The van der Waals surface area contributed by atoms with Crippen LogP contribution in [0.4, 0.5) is 5.69 Å². The lowest BCUT2D eigenvalue weighted by atomic mass is 10.2. The molecule has 0 radical (unpaired) electrons. The molecule has 0 unspecified atom stereocenters. The van der Waals surface area contributed by atoms with Crippen LogP contribution < -0.4 is 15.4 Å². The second-order valence-electron chi connectivity index (χ2n) is 4.43. The Morgan fingerprint density at radius 2 is 2.21 bits per heavy atom. The van der Waals surface area contributed by atoms with Gasteiger partial charge in [0.05, 0.1) is 24.4 Å². The maximum atomic E-state index is 11.7. The zero-order valence-electron chi connectivity index (χ0n) is 11.5. The molecule has 0 saturated carbocycles. The highest BCUT2D eigenvalue weighted by atomic mass is 16.5. The van der Waals surface area contributed by atoms with Gasteiger partial charge in [0.15, 0.2) is 0 Å². The van der Waals surface area contributed by atoms with Gasteiger partial charge in [0.25, 0.3) is 0 Å². The van der Waals surface area contributed by atoms with E-state index in [-0.39, 0.29) is 5.91 Å². The molecule has 0 spiro atoms. The summed E-state index contributed by atoms with van der Waals surface area (Å²) in [6.45, 7) is 4.69. The summed E-state index contributed by atoms with van der Waals surface area (Å²) in [5, 5.41) is 14.7. The summed E-state index contributed by atoms with van der Waals surface area (Å²) in [4.78, 5) is 11.7. The first kappa shape index (κ1) is 15.0. The van der Waals surface area contributed by atoms with Gasteiger partial charge < -0.3 is 15.4 Å². The molecule has 2 N–H and O–H groups in total. The molecule has 0 aliphatic carbocycles. The summed E-state index contributed by atoms with van der Waals surface area (Å²) in [5.74, 6) is 0.403. The predicted molar refractivity (Wildman–Crippen MR) is 74.1 cm³/mol. The van der Waals surface area contributed by atoms with Crippen LogP contribution in [0.2, 0.25) is 0 Å². The number of nitrogens with zero attached hydrogens (tertiary/aromatic N) is 1. The first-order valence-electron chi connectivity index (χ1n) is 6.18. The van der Waals surface area contributed by atoms with Gasteiger partial charge in [-0.05, 0) is 12.1 Å². The topological polar surface area (TPSA) is 74.1 Å². The second kappa shape index (κ2) is 7.39. The van der Waals surface area contributed by atoms with E-state index >= 15 is 0 Å². The van der Waals surface area contributed by atoms with Crippen molar-refractivity contribution in [3.05, 3.63) is 23.8 Å². The zero-order valence-corrected chi connectivity index (χ0v) is 11.5. The van der Waals surface area contributed by atoms with Crippen molar-refractivity contribution in [1.29, 1.82) is 5.26 Å². The van der Waals surface area contributed by atoms with Crippen LogP contribution in [-0.4, -0.2) is 25.6 Å². The van der Waals surface area contributed by atoms with E-state index in [1.54, 1.807) is 18.2 Å². The number of amides is 1. The number of carbonyl (C=O) groups excluding carboxylic acids is 1. The Labute approximate surface area is 113 Å². The first-order valence-corrected chi connectivity index (χ1v) is 6.18. The van der Waals surface area contributed by atoms with Crippen molar-refractivity contribution in [3.63, 3.8) is 0 Å². The molecule has 0 saturated heterocycles. The molecular weight excluding hydrogens is 242 g/mol. The molecule has 1 amide bonds. The van der Waals surface area contributed by atoms with Gasteiger partial charge >= 0.3 is 0 Å². The largest absolute Gasteiger partial charge is 0.495 e. The van der Waals surface area contributed by atoms with Gasteiger partial charge in [-0.2, -0.15) is 5.26 Å². The fourth-order valence-electron chi connectivity index (χ4n) is 1.55. The molecule has 1 rings (SSSR count). The fraction of sp³-hybridized carbons (Fsp3) is 0.429. The van der Waals surface area contributed by atoms with Crippen LogP contribution in [0.3, 0.4) is 0 Å². The Hall–Kier alpha value is -2.06. The lowest BCUT2D eigenvalue weighted by Gasteiger charge is -2.11. The third kappa shape index (κ3) is 4.98. The van der Waals surface area contributed by atoms with Gasteiger partial charge in [-0.3, -0.25) is 4.79 Å². The minimum absolute atomic E-state index is 0.0869. The molecule has 5 nitrogen and oxygen atoms in total. The molecule has 5 heteroatoms. The Kier molecular flexibility index (Phi) is 5.83. The third-order valence-corrected chi connectivity index (χ3v) is 2.51. The maximum absolute atomic E-state index is 11.7. The zero-order chi connectivity index (χ0) is 14.3. The number of nitriles is 1. The molecule has 0 atom stereocenters. The van der Waals surface area contributed by atoms with Crippen LogP contribution >= 0.6 is 0 Å². The van der Waals surface area contributed by atoms with E-state index in [0.717, 1.165) is 0 Å². The number of carbonyl (C=O) groups is 1. The average molecular weight is 261 g/mol. The molecule has 0 aliphatic rings. The van der Waals surface area contributed by atoms with E-state index in [1.807, 2.05) is 19.9 Å². The molecule has 0 heterocycles. The van der Waals surface area contributed by atoms with Crippen LogP contribution in [0.1, 0.15) is 25.8 Å². The van der Waals surface area contributed by atoms with E-state index < -0.39 is 0 Å². The molecule has 0 bridgehead atoms. The Bertz CT molecular complexity index is 478. The van der Waals surface area contributed by atoms with Gasteiger partial charge in [-0.1, -0.05) is 13.8 Å². The first-order chi connectivity index (χ1) is 9.06. The van der Waals surface area contributed by atoms with Crippen LogP contribution in [0.15, 0.2) is 18.2 Å². The minimum atomic E-state index is -0.0869. The van der Waals surface area contributed by atoms with E-state index in [4.69, 9.17) is 10.00 Å². The Morgan fingerprint density at radius 1 is 1.47 bits per heavy atom. The number of methoxy groups -OCH3 is 1. The van der Waals surface area contributed by atoms with Gasteiger partial charge in [-0.15, -0.1) is 0 Å². The van der Waals surface area contributed by atoms with Gasteiger partial charge in [-0.25, -0.2) is 0 Å². The molecule has 102 valence electrons. The number of nitrogens with one attached hydrogen (secondary N) is 2. The van der Waals surface area contributed by atoms with Gasteiger partial charge in [0.2, 0.25) is 5.91 Å². The van der Waals surface area contributed by atoms with Crippen molar-refractivity contribution in [2.24, 2.45) is 0 Å². The summed E-state index contributed by atoms with van der Waals surface area (Å²) in [6, 6.07) is 7.30. The van der Waals surface area contributed by atoms with Crippen LogP contribution in [0.5, 0.6) is 5.75 Å². The van der Waals surface area contributed by atoms with Crippen molar-refractivity contribution in [2.45, 2.75) is 26.3 Å². The standard InChI is InChI=1S/C14H19N3O2/c1-10(2)16-7-6-14(18)17-12-5-4-11(9-15)8-13(12)19-3/h4-5,8,10,16H,6-7H2,1-3H3,(H,17,18). The number of benzene rings is 1. The van der Waals surface area contributed by atoms with E-state index in [0.29, 0.717) is 36.0 Å². The van der Waals surface area contributed by atoms with Crippen LogP contribution in [0, 0.1) is 11.3 Å². The van der Waals surface area contributed by atoms with Crippen molar-refractivity contribution < 1.29 is 9.53 Å². The highest BCUT2D eigenvalue weighted by Gasteiger charge is 2.08. The summed E-state index contributed by atoms with van der Waals surface area (Å²) >= 11 is 0. The van der Waals surface area contributed by atoms with Crippen LogP contribution in [0.25, 0.3) is 0 Å². The summed E-state index contributed by atoms with van der Waals surface area (Å²) in [7, 11) is 1.51. The summed E-state index contributed by atoms with van der Waals surface area (Å²) in [6.07, 6.45) is 0.390. The average Bonchev–Trinajstić information content (AvgIpc) is 2.38. The normalized spacial score (nSPS) is 10.1. The lowest BCUT2D eigenvalue weighted by molar-refractivity contribution is -0.116. The van der Waals surface area contributed by atoms with E-state index in [1.165, 1.54) is 7.11 Å². The lowest BCUT2D eigenvalue weighted by Crippen LogP contribution is -2.27. The minimum Gasteiger partial charge on any atom is -0.495 e. The van der Waals surface area contributed by atoms with Crippen molar-refractivity contribution in [1.82, 2.24) is 5.32 Å². The molecule has 0 fully saturated rings. The monoisotopic (exact) mass is 261 g/mol. The van der Waals surface area contributed by atoms with Crippen molar-refractivity contribution in [2.75, 3.05) is 19.0 Å². The molecule has 0 aromatic heterocycles. The van der Waals surface area contributed by atoms with Crippen LogP contribution in [-0.2, 0) is 4.79 Å². The number of rotatable bonds is 6. The Morgan fingerprint density at radius 3 is 2.79 bits per heavy atom. The molecule has 1 aromatic rings.